The first kappa shape index (κ1) is 53.1. The monoisotopic (exact) mass is 1080 g/mol. The lowest BCUT2D eigenvalue weighted by Gasteiger charge is -2.39. The zero-order valence-corrected chi connectivity index (χ0v) is 47.0. The summed E-state index contributed by atoms with van der Waals surface area (Å²) in [6.45, 7) is 20.4. The van der Waals surface area contributed by atoms with Crippen LogP contribution >= 0.6 is 11.3 Å². The first-order valence-electron chi connectivity index (χ1n) is 29.0. The van der Waals surface area contributed by atoms with E-state index >= 15 is 4.79 Å². The minimum Gasteiger partial charge on any atom is -0.464 e. The number of aromatic nitrogens is 3. The number of carbonyl (C=O) groups is 3. The number of carbonyl (C=O) groups excluding carboxylic acids is 3. The second-order valence-corrected chi connectivity index (χ2v) is 25.6. The van der Waals surface area contributed by atoms with Gasteiger partial charge in [-0.3, -0.25) is 34.2 Å². The fraction of sp³-hybridized carbons (Fsp3) is 0.678. The Morgan fingerprint density at radius 2 is 1.75 bits per heavy atom. The number of methoxy groups -OCH3 is 1. The van der Waals surface area contributed by atoms with Crippen LogP contribution in [0.5, 0.6) is 0 Å². The highest BCUT2D eigenvalue weighted by molar-refractivity contribution is 7.10. The molecule has 12 rings (SSSR count). The number of hydrogen-bond donors (Lipinski definition) is 2. The molecule has 6 bridgehead atoms. The first-order chi connectivity index (χ1) is 37.3. The van der Waals surface area contributed by atoms with Crippen molar-refractivity contribution in [2.45, 2.75) is 135 Å². The van der Waals surface area contributed by atoms with Crippen LogP contribution in [0.3, 0.4) is 0 Å². The van der Waals surface area contributed by atoms with Crippen LogP contribution in [0.1, 0.15) is 114 Å². The fourth-order valence-corrected chi connectivity index (χ4v) is 14.6. The van der Waals surface area contributed by atoms with E-state index in [9.17, 15) is 9.59 Å². The predicted octanol–water partition coefficient (Wildman–Crippen LogP) is 7.18. The van der Waals surface area contributed by atoms with Gasteiger partial charge in [-0.25, -0.2) is 10.4 Å². The number of amides is 2. The summed E-state index contributed by atoms with van der Waals surface area (Å²) in [6.07, 6.45) is 9.76. The highest BCUT2D eigenvalue weighted by atomic mass is 32.1. The average Bonchev–Trinajstić information content (AvgIpc) is 4.24. The third kappa shape index (κ3) is 10.8. The molecule has 77 heavy (non-hydrogen) atoms. The van der Waals surface area contributed by atoms with Crippen molar-refractivity contribution in [3.05, 3.63) is 52.1 Å². The molecule has 2 unspecified atom stereocenters. The number of anilines is 1. The summed E-state index contributed by atoms with van der Waals surface area (Å²) < 4.78 is 33.4. The van der Waals surface area contributed by atoms with Crippen LogP contribution in [0.15, 0.2) is 35.8 Å². The number of hydrogen-bond acceptors (Lipinski definition) is 15. The number of likely N-dealkylation sites (tertiary alicyclic amines) is 1. The number of nitrogens with zero attached hydrogens (tertiary/aromatic N) is 7. The molecule has 0 radical (unpaired) electrons. The van der Waals surface area contributed by atoms with Crippen molar-refractivity contribution in [1.82, 2.24) is 40.1 Å². The molecule has 2 aliphatic carbocycles. The van der Waals surface area contributed by atoms with Crippen molar-refractivity contribution in [1.29, 1.82) is 0 Å². The van der Waals surface area contributed by atoms with Gasteiger partial charge >= 0.3 is 5.97 Å². The molecule has 2 amide bonds. The van der Waals surface area contributed by atoms with E-state index in [1.165, 1.54) is 12.8 Å². The molecule has 4 aromatic rings. The molecular weight excluding hydrogens is 995 g/mol. The standard InChI is InChI=1S/C59H81N9O8S/c1-36-37(2)49(36)54(69)62-51-53(66-18-15-59(33-66)16-26-74-35-59)55-61-47(32-77-55)39-9-12-48-43(28-39)45(30-58(4,5)34-76-57(71)46-8-7-17-68(63-46)56(51)70)52(67(48)23-27-75-42-13-24-73-25-14-42)44-29-41(31-60-50(44)38(3)72-6)65-21-19-64(20-22-65)40-10-11-40/h9,12,28-29,31-32,36-38,40,42,46,49,51,53,63H,7-8,10-11,13-27,30,33-35H2,1-6H3,(H,62,69)/t36-,37+,38-,46-,49?,51-,53-,59?/m0/s1. The lowest BCUT2D eigenvalue weighted by atomic mass is 9.84. The lowest BCUT2D eigenvalue weighted by Crippen LogP contribution is -2.62. The number of pyridine rings is 1. The predicted molar refractivity (Wildman–Crippen MR) is 295 cm³/mol. The zero-order chi connectivity index (χ0) is 53.2. The summed E-state index contributed by atoms with van der Waals surface area (Å²) in [5, 5.41) is 8.89. The minimum atomic E-state index is -0.969. The molecule has 18 heteroatoms. The second kappa shape index (κ2) is 21.8. The molecule has 6 aliphatic heterocycles. The summed E-state index contributed by atoms with van der Waals surface area (Å²) in [6, 6.07) is 7.49. The Hall–Kier alpha value is -4.53. The van der Waals surface area contributed by atoms with Gasteiger partial charge in [0.05, 0.1) is 67.0 Å². The quantitative estimate of drug-likeness (QED) is 0.137. The highest BCUT2D eigenvalue weighted by Gasteiger charge is 2.52. The summed E-state index contributed by atoms with van der Waals surface area (Å²) >= 11 is 1.55. The molecule has 1 spiro atoms. The van der Waals surface area contributed by atoms with E-state index in [0.717, 1.165) is 126 Å². The number of piperazine rings is 1. The number of thiazole rings is 1. The smallest absolute Gasteiger partial charge is 0.324 e. The van der Waals surface area contributed by atoms with Crippen LogP contribution in [0.4, 0.5) is 5.69 Å². The largest absolute Gasteiger partial charge is 0.464 e. The van der Waals surface area contributed by atoms with Gasteiger partial charge < -0.3 is 38.5 Å². The van der Waals surface area contributed by atoms with Gasteiger partial charge in [0.2, 0.25) is 5.91 Å². The molecule has 1 aromatic carbocycles. The van der Waals surface area contributed by atoms with Gasteiger partial charge in [0, 0.05) is 123 Å². The van der Waals surface area contributed by atoms with Gasteiger partial charge in [-0.05, 0) is 107 Å². The van der Waals surface area contributed by atoms with Gasteiger partial charge in [0.15, 0.2) is 0 Å². The van der Waals surface area contributed by atoms with Crippen LogP contribution in [-0.4, -0.2) is 164 Å². The number of hydrazine groups is 1. The molecule has 7 fully saturated rings. The molecule has 9 heterocycles. The fourth-order valence-electron chi connectivity index (χ4n) is 13.6. The van der Waals surface area contributed by atoms with Crippen LogP contribution in [-0.2, 0) is 51.0 Å². The van der Waals surface area contributed by atoms with Gasteiger partial charge in [0.25, 0.3) is 5.91 Å². The zero-order valence-electron chi connectivity index (χ0n) is 46.2. The van der Waals surface area contributed by atoms with Crippen LogP contribution < -0.4 is 15.6 Å². The van der Waals surface area contributed by atoms with Crippen molar-refractivity contribution < 1.29 is 38.1 Å². The second-order valence-electron chi connectivity index (χ2n) is 24.7. The summed E-state index contributed by atoms with van der Waals surface area (Å²) in [7, 11) is 1.75. The van der Waals surface area contributed by atoms with E-state index in [1.54, 1.807) is 23.5 Å². The third-order valence-corrected chi connectivity index (χ3v) is 19.7. The van der Waals surface area contributed by atoms with Gasteiger partial charge in [-0.2, -0.15) is 0 Å². The SMILES string of the molecule is CO[C@@H](C)c1ncc(N2CCN(C3CC3)CC2)cc1-c1c2c3cc(ccc3n1CCOC1CCOCC1)-c1csc(n1)[C@@H](N1CCC3(CCOC3)C1)[C@H](NC(=O)C1[C@@H](C)[C@H]1C)C(=O)N1CCC[C@H](N1)C(=O)OCC(C)(C)C2. The van der Waals surface area contributed by atoms with E-state index in [2.05, 4.69) is 94.3 Å². The number of rotatable bonds is 12. The molecule has 2 N–H and O–H groups in total. The maximum absolute atomic E-state index is 15.4. The average molecular weight is 1080 g/mol. The van der Waals surface area contributed by atoms with E-state index in [1.807, 2.05) is 6.20 Å². The van der Waals surface area contributed by atoms with E-state index in [4.69, 9.17) is 33.7 Å². The third-order valence-electron chi connectivity index (χ3n) is 18.8. The lowest BCUT2D eigenvalue weighted by molar-refractivity contribution is -0.156. The Morgan fingerprint density at radius 3 is 2.49 bits per heavy atom. The topological polar surface area (TPSA) is 165 Å². The molecule has 3 aromatic heterocycles. The number of esters is 1. The maximum Gasteiger partial charge on any atom is 0.324 e. The number of benzene rings is 1. The molecule has 17 nitrogen and oxygen atoms in total. The normalized spacial score (nSPS) is 30.0. The van der Waals surface area contributed by atoms with E-state index < -0.39 is 29.5 Å². The summed E-state index contributed by atoms with van der Waals surface area (Å²) in [5.74, 6) is -0.532. The Morgan fingerprint density at radius 1 is 0.948 bits per heavy atom. The van der Waals surface area contributed by atoms with Gasteiger partial charge in [-0.15, -0.1) is 11.3 Å². The van der Waals surface area contributed by atoms with Crippen molar-refractivity contribution in [3.8, 4) is 22.5 Å². The molecular formula is C59H81N9O8S. The van der Waals surface area contributed by atoms with E-state index in [-0.39, 0.29) is 53.8 Å². The number of cyclic esters (lactones) is 1. The Labute approximate surface area is 458 Å². The number of ether oxygens (including phenoxy) is 5. The molecule has 5 saturated heterocycles. The van der Waals surface area contributed by atoms with Gasteiger partial charge in [-0.1, -0.05) is 33.8 Å². The van der Waals surface area contributed by atoms with Crippen LogP contribution in [0, 0.1) is 28.6 Å². The number of nitrogens with one attached hydrogen (secondary N) is 2. The van der Waals surface area contributed by atoms with Crippen molar-refractivity contribution in [2.24, 2.45) is 28.6 Å². The molecule has 416 valence electrons. The first-order valence-corrected chi connectivity index (χ1v) is 29.8. The van der Waals surface area contributed by atoms with Crippen LogP contribution in [0.25, 0.3) is 33.4 Å². The van der Waals surface area contributed by atoms with Crippen molar-refractivity contribution >= 4 is 45.7 Å². The maximum atomic E-state index is 15.4. The molecule has 8 aliphatic rings. The van der Waals surface area contributed by atoms with Crippen molar-refractivity contribution in [3.63, 3.8) is 0 Å². The van der Waals surface area contributed by atoms with Gasteiger partial charge in [0.1, 0.15) is 17.1 Å². The Balaban J connectivity index is 1.01. The summed E-state index contributed by atoms with van der Waals surface area (Å²) in [4.78, 5) is 62.5. The molecule has 8 atom stereocenters. The van der Waals surface area contributed by atoms with Crippen LogP contribution in [0.2, 0.25) is 0 Å². The van der Waals surface area contributed by atoms with E-state index in [0.29, 0.717) is 65.4 Å². The van der Waals surface area contributed by atoms with Crippen molar-refractivity contribution in [2.75, 3.05) is 97.5 Å². The summed E-state index contributed by atoms with van der Waals surface area (Å²) in [5.41, 5.74) is 10.7. The molecule has 2 saturated carbocycles. The highest BCUT2D eigenvalue weighted by Crippen LogP contribution is 2.48. The number of fused-ring (bicyclic) bond motifs is 6. The Kier molecular flexibility index (Phi) is 15.1. The Bertz CT molecular complexity index is 2800. The minimum absolute atomic E-state index is 0.0294.